The first-order valence-corrected chi connectivity index (χ1v) is 6.65. The van der Waals surface area contributed by atoms with E-state index in [9.17, 15) is 0 Å². The summed E-state index contributed by atoms with van der Waals surface area (Å²) >= 11 is 0. The SMILES string of the molecule is CC(C)n1ccc(CN2CCCC(CN)C2)n1. The van der Waals surface area contributed by atoms with E-state index in [1.54, 1.807) is 0 Å². The second kappa shape index (κ2) is 5.65. The maximum absolute atomic E-state index is 5.76. The summed E-state index contributed by atoms with van der Waals surface area (Å²) in [5.74, 6) is 0.677. The van der Waals surface area contributed by atoms with Gasteiger partial charge in [0, 0.05) is 25.3 Å². The van der Waals surface area contributed by atoms with Gasteiger partial charge in [-0.05, 0) is 51.8 Å². The summed E-state index contributed by atoms with van der Waals surface area (Å²) in [6.07, 6.45) is 4.63. The molecule has 0 bridgehead atoms. The van der Waals surface area contributed by atoms with Crippen LogP contribution in [-0.4, -0.2) is 34.3 Å². The van der Waals surface area contributed by atoms with Crippen molar-refractivity contribution < 1.29 is 0 Å². The number of aromatic nitrogens is 2. The summed E-state index contributed by atoms with van der Waals surface area (Å²) in [5.41, 5.74) is 6.93. The topological polar surface area (TPSA) is 47.1 Å². The van der Waals surface area contributed by atoms with Gasteiger partial charge >= 0.3 is 0 Å². The number of hydrogen-bond donors (Lipinski definition) is 1. The number of nitrogens with two attached hydrogens (primary N) is 1. The molecule has 4 nitrogen and oxygen atoms in total. The number of nitrogens with zero attached hydrogens (tertiary/aromatic N) is 3. The zero-order valence-corrected chi connectivity index (χ0v) is 11.0. The summed E-state index contributed by atoms with van der Waals surface area (Å²) < 4.78 is 2.03. The van der Waals surface area contributed by atoms with Crippen LogP contribution in [0.4, 0.5) is 0 Å². The molecule has 0 amide bonds. The molecule has 0 spiro atoms. The first-order chi connectivity index (χ1) is 8.19. The van der Waals surface area contributed by atoms with Gasteiger partial charge in [-0.1, -0.05) is 0 Å². The van der Waals surface area contributed by atoms with Gasteiger partial charge in [0.1, 0.15) is 0 Å². The number of rotatable bonds is 4. The second-order valence-corrected chi connectivity index (χ2v) is 5.36. The van der Waals surface area contributed by atoms with Crippen LogP contribution >= 0.6 is 0 Å². The van der Waals surface area contributed by atoms with E-state index in [4.69, 9.17) is 5.73 Å². The summed E-state index contributed by atoms with van der Waals surface area (Å²) in [4.78, 5) is 2.48. The van der Waals surface area contributed by atoms with Crippen molar-refractivity contribution in [3.63, 3.8) is 0 Å². The van der Waals surface area contributed by atoms with Crippen LogP contribution in [0.25, 0.3) is 0 Å². The van der Waals surface area contributed by atoms with Crippen molar-refractivity contribution in [3.8, 4) is 0 Å². The van der Waals surface area contributed by atoms with Crippen molar-refractivity contribution in [2.45, 2.75) is 39.3 Å². The van der Waals surface area contributed by atoms with Gasteiger partial charge < -0.3 is 5.73 Å². The first-order valence-electron chi connectivity index (χ1n) is 6.65. The van der Waals surface area contributed by atoms with Gasteiger partial charge in [0.2, 0.25) is 0 Å². The molecule has 0 aliphatic carbocycles. The fraction of sp³-hybridized carbons (Fsp3) is 0.769. The molecule has 1 atom stereocenters. The molecule has 96 valence electrons. The van der Waals surface area contributed by atoms with E-state index < -0.39 is 0 Å². The molecule has 0 aromatic carbocycles. The zero-order chi connectivity index (χ0) is 12.3. The second-order valence-electron chi connectivity index (χ2n) is 5.36. The van der Waals surface area contributed by atoms with Crippen molar-refractivity contribution in [2.24, 2.45) is 11.7 Å². The van der Waals surface area contributed by atoms with E-state index in [1.165, 1.54) is 25.1 Å². The Morgan fingerprint density at radius 1 is 1.53 bits per heavy atom. The Kier molecular flexibility index (Phi) is 4.18. The van der Waals surface area contributed by atoms with Gasteiger partial charge in [-0.15, -0.1) is 0 Å². The van der Waals surface area contributed by atoms with Crippen LogP contribution in [0.2, 0.25) is 0 Å². The third-order valence-corrected chi connectivity index (χ3v) is 3.51. The van der Waals surface area contributed by atoms with Crippen LogP contribution in [0.15, 0.2) is 12.3 Å². The number of hydrogen-bond acceptors (Lipinski definition) is 3. The average molecular weight is 236 g/mol. The molecule has 1 aromatic rings. The maximum atomic E-state index is 5.76. The van der Waals surface area contributed by atoms with Gasteiger partial charge in [0.05, 0.1) is 5.69 Å². The first kappa shape index (κ1) is 12.6. The lowest BCUT2D eigenvalue weighted by molar-refractivity contribution is 0.169. The Balaban J connectivity index is 1.91. The lowest BCUT2D eigenvalue weighted by atomic mass is 9.98. The molecule has 17 heavy (non-hydrogen) atoms. The minimum absolute atomic E-state index is 0.446. The highest BCUT2D eigenvalue weighted by molar-refractivity contribution is 4.99. The largest absolute Gasteiger partial charge is 0.330 e. The highest BCUT2D eigenvalue weighted by Gasteiger charge is 2.19. The zero-order valence-electron chi connectivity index (χ0n) is 11.0. The third kappa shape index (κ3) is 3.30. The van der Waals surface area contributed by atoms with E-state index in [0.29, 0.717) is 12.0 Å². The molecule has 4 heteroatoms. The number of piperidine rings is 1. The Morgan fingerprint density at radius 2 is 2.35 bits per heavy atom. The monoisotopic (exact) mass is 236 g/mol. The highest BCUT2D eigenvalue weighted by Crippen LogP contribution is 2.17. The lowest BCUT2D eigenvalue weighted by Gasteiger charge is -2.31. The van der Waals surface area contributed by atoms with E-state index in [0.717, 1.165) is 19.6 Å². The highest BCUT2D eigenvalue weighted by atomic mass is 15.3. The minimum atomic E-state index is 0.446. The van der Waals surface area contributed by atoms with Crippen LogP contribution in [-0.2, 0) is 6.54 Å². The van der Waals surface area contributed by atoms with Crippen LogP contribution in [0.5, 0.6) is 0 Å². The van der Waals surface area contributed by atoms with Gasteiger partial charge in [0.15, 0.2) is 0 Å². The van der Waals surface area contributed by atoms with E-state index >= 15 is 0 Å². The molecule has 2 N–H and O–H groups in total. The lowest BCUT2D eigenvalue weighted by Crippen LogP contribution is -2.37. The molecule has 2 rings (SSSR count). The standard InChI is InChI=1S/C13H24N4/c1-11(2)17-7-5-13(15-17)10-16-6-3-4-12(8-14)9-16/h5,7,11-12H,3-4,6,8-10,14H2,1-2H3. The molecule has 1 unspecified atom stereocenters. The summed E-state index contributed by atoms with van der Waals surface area (Å²) in [7, 11) is 0. The van der Waals surface area contributed by atoms with E-state index in [1.807, 2.05) is 4.68 Å². The molecule has 1 fully saturated rings. The molecular weight excluding hydrogens is 212 g/mol. The van der Waals surface area contributed by atoms with Crippen LogP contribution in [0.3, 0.4) is 0 Å². The van der Waals surface area contributed by atoms with Gasteiger partial charge in [-0.2, -0.15) is 5.10 Å². The Hall–Kier alpha value is -0.870. The maximum Gasteiger partial charge on any atom is 0.0764 e. The smallest absolute Gasteiger partial charge is 0.0764 e. The molecule has 1 saturated heterocycles. The van der Waals surface area contributed by atoms with Gasteiger partial charge in [-0.25, -0.2) is 0 Å². The average Bonchev–Trinajstić information content (AvgIpc) is 2.78. The normalized spacial score (nSPS) is 22.2. The molecule has 1 aliphatic heterocycles. The fourth-order valence-corrected chi connectivity index (χ4v) is 2.47. The Labute approximate surface area is 104 Å². The Bertz CT molecular complexity index is 345. The molecule has 0 saturated carbocycles. The molecule has 0 radical (unpaired) electrons. The van der Waals surface area contributed by atoms with Crippen LogP contribution in [0, 0.1) is 5.92 Å². The third-order valence-electron chi connectivity index (χ3n) is 3.51. The minimum Gasteiger partial charge on any atom is -0.330 e. The summed E-state index contributed by atoms with van der Waals surface area (Å²) in [6, 6.07) is 2.58. The van der Waals surface area contributed by atoms with Crippen molar-refractivity contribution in [1.82, 2.24) is 14.7 Å². The predicted molar refractivity (Wildman–Crippen MR) is 69.7 cm³/mol. The van der Waals surface area contributed by atoms with Crippen molar-refractivity contribution in [2.75, 3.05) is 19.6 Å². The quantitative estimate of drug-likeness (QED) is 0.864. The van der Waals surface area contributed by atoms with Crippen molar-refractivity contribution in [1.29, 1.82) is 0 Å². The number of likely N-dealkylation sites (tertiary alicyclic amines) is 1. The predicted octanol–water partition coefficient (Wildman–Crippen LogP) is 1.63. The molecule has 1 aromatic heterocycles. The molecular formula is C13H24N4. The van der Waals surface area contributed by atoms with Crippen molar-refractivity contribution >= 4 is 0 Å². The fourth-order valence-electron chi connectivity index (χ4n) is 2.47. The van der Waals surface area contributed by atoms with Crippen molar-refractivity contribution in [3.05, 3.63) is 18.0 Å². The molecule has 1 aliphatic rings. The van der Waals surface area contributed by atoms with Gasteiger partial charge in [-0.3, -0.25) is 9.58 Å². The van der Waals surface area contributed by atoms with E-state index in [-0.39, 0.29) is 0 Å². The van der Waals surface area contributed by atoms with Crippen LogP contribution < -0.4 is 5.73 Å². The van der Waals surface area contributed by atoms with E-state index in [2.05, 4.69) is 36.1 Å². The molecule has 2 heterocycles. The summed E-state index contributed by atoms with van der Waals surface area (Å²) in [6.45, 7) is 8.41. The Morgan fingerprint density at radius 3 is 3.00 bits per heavy atom. The summed E-state index contributed by atoms with van der Waals surface area (Å²) in [5, 5.41) is 4.60. The van der Waals surface area contributed by atoms with Gasteiger partial charge in [0.25, 0.3) is 0 Å². The van der Waals surface area contributed by atoms with Crippen LogP contribution in [0.1, 0.15) is 38.4 Å².